The van der Waals surface area contributed by atoms with Gasteiger partial charge in [-0.2, -0.15) is 0 Å². The van der Waals surface area contributed by atoms with Crippen molar-refractivity contribution in [1.82, 2.24) is 15.1 Å². The topological polar surface area (TPSA) is 52.7 Å². The third-order valence-electron chi connectivity index (χ3n) is 3.90. The van der Waals surface area contributed by atoms with Gasteiger partial charge in [0.25, 0.3) is 0 Å². The molecule has 1 aliphatic rings. The first-order chi connectivity index (χ1) is 11.0. The SMILES string of the molecule is CC(C)N(Cc1ccccc1)C(=O)CN(C)CC(=O)NC1CC1. The Morgan fingerprint density at radius 2 is 1.83 bits per heavy atom. The van der Waals surface area contributed by atoms with Crippen LogP contribution in [0.5, 0.6) is 0 Å². The predicted octanol–water partition coefficient (Wildman–Crippen LogP) is 1.63. The Kier molecular flexibility index (Phi) is 6.16. The van der Waals surface area contributed by atoms with Gasteiger partial charge < -0.3 is 10.2 Å². The molecular weight excluding hydrogens is 290 g/mol. The van der Waals surface area contributed by atoms with Crippen molar-refractivity contribution < 1.29 is 9.59 Å². The summed E-state index contributed by atoms with van der Waals surface area (Å²) in [5.74, 6) is 0.0486. The van der Waals surface area contributed by atoms with Crippen LogP contribution in [0, 0.1) is 0 Å². The quantitative estimate of drug-likeness (QED) is 0.793. The lowest BCUT2D eigenvalue weighted by molar-refractivity contribution is -0.135. The minimum atomic E-state index is 0.00181. The van der Waals surface area contributed by atoms with E-state index in [1.807, 2.05) is 56.1 Å². The second-order valence-corrected chi connectivity index (χ2v) is 6.62. The molecule has 0 heterocycles. The number of likely N-dealkylation sites (N-methyl/N-ethyl adjacent to an activating group) is 1. The maximum atomic E-state index is 12.6. The lowest BCUT2D eigenvalue weighted by atomic mass is 10.2. The second-order valence-electron chi connectivity index (χ2n) is 6.62. The molecule has 0 aliphatic heterocycles. The standard InChI is InChI=1S/C18H27N3O2/c1-14(2)21(11-15-7-5-4-6-8-15)18(23)13-20(3)12-17(22)19-16-9-10-16/h4-8,14,16H,9-13H2,1-3H3,(H,19,22). The van der Waals surface area contributed by atoms with Gasteiger partial charge in [0.2, 0.25) is 11.8 Å². The fourth-order valence-electron chi connectivity index (χ4n) is 2.46. The van der Waals surface area contributed by atoms with Gasteiger partial charge in [-0.3, -0.25) is 14.5 Å². The summed E-state index contributed by atoms with van der Waals surface area (Å²) in [6.07, 6.45) is 2.15. The van der Waals surface area contributed by atoms with Gasteiger partial charge in [-0.25, -0.2) is 0 Å². The number of carbonyl (C=O) groups excluding carboxylic acids is 2. The molecule has 1 fully saturated rings. The Morgan fingerprint density at radius 3 is 2.39 bits per heavy atom. The van der Waals surface area contributed by atoms with Crippen LogP contribution in [0.25, 0.3) is 0 Å². The lowest BCUT2D eigenvalue weighted by Gasteiger charge is -2.29. The van der Waals surface area contributed by atoms with E-state index < -0.39 is 0 Å². The summed E-state index contributed by atoms with van der Waals surface area (Å²) in [4.78, 5) is 28.0. The summed E-state index contributed by atoms with van der Waals surface area (Å²) in [5, 5.41) is 2.94. The van der Waals surface area contributed by atoms with Crippen LogP contribution in [-0.2, 0) is 16.1 Å². The van der Waals surface area contributed by atoms with E-state index in [0.29, 0.717) is 12.6 Å². The van der Waals surface area contributed by atoms with E-state index in [9.17, 15) is 9.59 Å². The summed E-state index contributed by atoms with van der Waals surface area (Å²) in [6.45, 7) is 5.14. The van der Waals surface area contributed by atoms with E-state index in [4.69, 9.17) is 0 Å². The van der Waals surface area contributed by atoms with E-state index >= 15 is 0 Å². The Balaban J connectivity index is 1.85. The van der Waals surface area contributed by atoms with Crippen LogP contribution in [0.15, 0.2) is 30.3 Å². The van der Waals surface area contributed by atoms with Crippen LogP contribution in [0.4, 0.5) is 0 Å². The van der Waals surface area contributed by atoms with Crippen molar-refractivity contribution in [3.8, 4) is 0 Å². The normalized spacial score (nSPS) is 14.1. The van der Waals surface area contributed by atoms with Gasteiger partial charge in [0.05, 0.1) is 13.1 Å². The molecule has 0 spiro atoms. The van der Waals surface area contributed by atoms with Crippen molar-refractivity contribution in [2.75, 3.05) is 20.1 Å². The molecule has 126 valence electrons. The van der Waals surface area contributed by atoms with E-state index in [2.05, 4.69) is 5.32 Å². The molecule has 0 unspecified atom stereocenters. The molecule has 5 heteroatoms. The van der Waals surface area contributed by atoms with Crippen LogP contribution in [0.1, 0.15) is 32.3 Å². The number of benzene rings is 1. The Hall–Kier alpha value is -1.88. The van der Waals surface area contributed by atoms with Gasteiger partial charge in [0.15, 0.2) is 0 Å². The number of carbonyl (C=O) groups is 2. The zero-order valence-electron chi connectivity index (χ0n) is 14.3. The van der Waals surface area contributed by atoms with E-state index in [0.717, 1.165) is 18.4 Å². The van der Waals surface area contributed by atoms with E-state index in [-0.39, 0.29) is 30.9 Å². The molecule has 2 rings (SSSR count). The smallest absolute Gasteiger partial charge is 0.237 e. The first-order valence-electron chi connectivity index (χ1n) is 8.27. The summed E-state index contributed by atoms with van der Waals surface area (Å²) < 4.78 is 0. The van der Waals surface area contributed by atoms with E-state index in [1.165, 1.54) is 0 Å². The molecular formula is C18H27N3O2. The molecule has 1 aromatic carbocycles. The molecule has 0 atom stereocenters. The van der Waals surface area contributed by atoms with Crippen LogP contribution in [0.2, 0.25) is 0 Å². The van der Waals surface area contributed by atoms with Crippen molar-refractivity contribution in [3.63, 3.8) is 0 Å². The zero-order valence-corrected chi connectivity index (χ0v) is 14.3. The first kappa shape index (κ1) is 17.5. The summed E-state index contributed by atoms with van der Waals surface area (Å²) in [6, 6.07) is 10.5. The third kappa shape index (κ3) is 6.02. The molecule has 1 N–H and O–H groups in total. The van der Waals surface area contributed by atoms with Crippen molar-refractivity contribution in [2.24, 2.45) is 0 Å². The number of nitrogens with zero attached hydrogens (tertiary/aromatic N) is 2. The number of amides is 2. The van der Waals surface area contributed by atoms with Gasteiger partial charge >= 0.3 is 0 Å². The van der Waals surface area contributed by atoms with Crippen molar-refractivity contribution in [1.29, 1.82) is 0 Å². The highest BCUT2D eigenvalue weighted by molar-refractivity contribution is 5.81. The number of hydrogen-bond acceptors (Lipinski definition) is 3. The van der Waals surface area contributed by atoms with Crippen molar-refractivity contribution in [2.45, 2.75) is 45.3 Å². The third-order valence-corrected chi connectivity index (χ3v) is 3.90. The van der Waals surface area contributed by atoms with Gasteiger partial charge in [-0.15, -0.1) is 0 Å². The average Bonchev–Trinajstić information content (AvgIpc) is 3.28. The predicted molar refractivity (Wildman–Crippen MR) is 90.8 cm³/mol. The summed E-state index contributed by atoms with van der Waals surface area (Å²) in [5.41, 5.74) is 1.11. The highest BCUT2D eigenvalue weighted by Gasteiger charge is 2.24. The van der Waals surface area contributed by atoms with Crippen molar-refractivity contribution in [3.05, 3.63) is 35.9 Å². The Morgan fingerprint density at radius 1 is 1.17 bits per heavy atom. The van der Waals surface area contributed by atoms with Crippen LogP contribution in [0.3, 0.4) is 0 Å². The molecule has 1 saturated carbocycles. The first-order valence-corrected chi connectivity index (χ1v) is 8.27. The molecule has 0 radical (unpaired) electrons. The summed E-state index contributed by atoms with van der Waals surface area (Å²) in [7, 11) is 1.81. The lowest BCUT2D eigenvalue weighted by Crippen LogP contribution is -2.45. The molecule has 0 aromatic heterocycles. The number of rotatable bonds is 8. The fourth-order valence-corrected chi connectivity index (χ4v) is 2.46. The molecule has 0 saturated heterocycles. The molecule has 2 amide bonds. The minimum absolute atomic E-state index is 0.00181. The van der Waals surface area contributed by atoms with Crippen molar-refractivity contribution >= 4 is 11.8 Å². The zero-order chi connectivity index (χ0) is 16.8. The van der Waals surface area contributed by atoms with Gasteiger partial charge in [-0.05, 0) is 39.3 Å². The molecule has 23 heavy (non-hydrogen) atoms. The minimum Gasteiger partial charge on any atom is -0.352 e. The van der Waals surface area contributed by atoms with Crippen LogP contribution in [-0.4, -0.2) is 53.8 Å². The fraction of sp³-hybridized carbons (Fsp3) is 0.556. The molecule has 0 bridgehead atoms. The van der Waals surface area contributed by atoms with Crippen LogP contribution >= 0.6 is 0 Å². The average molecular weight is 317 g/mol. The molecule has 1 aliphatic carbocycles. The summed E-state index contributed by atoms with van der Waals surface area (Å²) >= 11 is 0. The Bertz CT molecular complexity index is 526. The van der Waals surface area contributed by atoms with Gasteiger partial charge in [0, 0.05) is 18.6 Å². The molecule has 1 aromatic rings. The highest BCUT2D eigenvalue weighted by atomic mass is 16.2. The highest BCUT2D eigenvalue weighted by Crippen LogP contribution is 2.18. The molecule has 5 nitrogen and oxygen atoms in total. The number of nitrogens with one attached hydrogen (secondary N) is 1. The monoisotopic (exact) mass is 317 g/mol. The largest absolute Gasteiger partial charge is 0.352 e. The second kappa shape index (κ2) is 8.11. The van der Waals surface area contributed by atoms with E-state index in [1.54, 1.807) is 4.90 Å². The maximum Gasteiger partial charge on any atom is 0.237 e. The van der Waals surface area contributed by atoms with Crippen LogP contribution < -0.4 is 5.32 Å². The van der Waals surface area contributed by atoms with Gasteiger partial charge in [-0.1, -0.05) is 30.3 Å². The number of hydrogen-bond donors (Lipinski definition) is 1. The Labute approximate surface area is 138 Å². The maximum absolute atomic E-state index is 12.6. The van der Waals surface area contributed by atoms with Gasteiger partial charge in [0.1, 0.15) is 0 Å².